The lowest BCUT2D eigenvalue weighted by molar-refractivity contribution is 0.0662. The summed E-state index contributed by atoms with van der Waals surface area (Å²) in [5, 5.41) is 19.6. The molecule has 2 rings (SSSR count). The van der Waals surface area contributed by atoms with E-state index < -0.39 is 11.9 Å². The van der Waals surface area contributed by atoms with Crippen molar-refractivity contribution in [1.29, 1.82) is 0 Å². The van der Waals surface area contributed by atoms with Gasteiger partial charge in [0.1, 0.15) is 6.61 Å². The molecule has 0 fully saturated rings. The fraction of sp³-hybridized carbons (Fsp3) is 0.263. The van der Waals surface area contributed by atoms with Crippen LogP contribution in [0.4, 0.5) is 0 Å². The molecule has 6 nitrogen and oxygen atoms in total. The molecule has 0 bridgehead atoms. The van der Waals surface area contributed by atoms with Gasteiger partial charge in [-0.15, -0.1) is 0 Å². The predicted molar refractivity (Wildman–Crippen MR) is 92.1 cm³/mol. The molecular weight excluding hydrogens is 324 g/mol. The van der Waals surface area contributed by atoms with Gasteiger partial charge in [-0.3, -0.25) is 0 Å². The summed E-state index contributed by atoms with van der Waals surface area (Å²) < 4.78 is 10.4. The Morgan fingerprint density at radius 2 is 1.68 bits per heavy atom. The van der Waals surface area contributed by atoms with Gasteiger partial charge in [-0.2, -0.15) is 0 Å². The highest BCUT2D eigenvalue weighted by molar-refractivity contribution is 6.08. The van der Waals surface area contributed by atoms with Crippen molar-refractivity contribution < 1.29 is 29.3 Å². The van der Waals surface area contributed by atoms with Crippen LogP contribution >= 0.6 is 0 Å². The molecule has 2 aromatic carbocycles. The van der Waals surface area contributed by atoms with Crippen LogP contribution in [0, 0.1) is 11.8 Å². The maximum atomic E-state index is 11.5. The highest BCUT2D eigenvalue weighted by Gasteiger charge is 2.15. The van der Waals surface area contributed by atoms with Crippen LogP contribution in [0.15, 0.2) is 30.3 Å². The smallest absolute Gasteiger partial charge is 0.336 e. The minimum Gasteiger partial charge on any atom is -0.478 e. The Morgan fingerprint density at radius 3 is 2.36 bits per heavy atom. The summed E-state index contributed by atoms with van der Waals surface area (Å²) in [4.78, 5) is 22.8. The molecule has 25 heavy (non-hydrogen) atoms. The Kier molecular flexibility index (Phi) is 6.52. The van der Waals surface area contributed by atoms with Crippen LogP contribution in [0.3, 0.4) is 0 Å². The van der Waals surface area contributed by atoms with Crippen LogP contribution in [0.2, 0.25) is 0 Å². The van der Waals surface area contributed by atoms with Crippen LogP contribution in [0.25, 0.3) is 10.8 Å². The van der Waals surface area contributed by atoms with E-state index in [1.165, 1.54) is 18.2 Å². The van der Waals surface area contributed by atoms with Crippen molar-refractivity contribution in [2.75, 3.05) is 26.4 Å². The summed E-state index contributed by atoms with van der Waals surface area (Å²) in [6.07, 6.45) is 0. The largest absolute Gasteiger partial charge is 0.478 e. The Labute approximate surface area is 145 Å². The fourth-order valence-corrected chi connectivity index (χ4v) is 2.37. The standard InChI is InChI=1S/C19H18O6/c1-2-24-11-12-25-10-4-7-14-13-5-3-6-16(18(20)21)15(13)8-9-17(14)19(22)23/h3,5-6,8-9H,2,10-12H2,1H3,(H,20,21)(H,22,23). The van der Waals surface area contributed by atoms with Crippen LogP contribution in [0.1, 0.15) is 33.2 Å². The minimum absolute atomic E-state index is 0.0249. The van der Waals surface area contributed by atoms with Gasteiger partial charge in [-0.05, 0) is 29.8 Å². The average Bonchev–Trinajstić information content (AvgIpc) is 2.59. The van der Waals surface area contributed by atoms with E-state index in [1.807, 2.05) is 6.92 Å². The average molecular weight is 342 g/mol. The maximum absolute atomic E-state index is 11.5. The molecule has 0 heterocycles. The van der Waals surface area contributed by atoms with Crippen LogP contribution in [-0.4, -0.2) is 48.6 Å². The summed E-state index contributed by atoms with van der Waals surface area (Å²) >= 11 is 0. The molecule has 2 N–H and O–H groups in total. The molecule has 0 unspecified atom stereocenters. The van der Waals surface area contributed by atoms with E-state index in [9.17, 15) is 19.8 Å². The van der Waals surface area contributed by atoms with Crippen molar-refractivity contribution >= 4 is 22.7 Å². The quantitative estimate of drug-likeness (QED) is 0.593. The number of aromatic carboxylic acids is 2. The normalized spacial score (nSPS) is 10.3. The first-order chi connectivity index (χ1) is 12.1. The lowest BCUT2D eigenvalue weighted by atomic mass is 9.96. The van der Waals surface area contributed by atoms with Gasteiger partial charge in [0.2, 0.25) is 0 Å². The molecule has 0 saturated carbocycles. The van der Waals surface area contributed by atoms with Gasteiger partial charge in [0.15, 0.2) is 0 Å². The number of fused-ring (bicyclic) bond motifs is 1. The SMILES string of the molecule is CCOCCOCC#Cc1c(C(=O)O)ccc2c(C(=O)O)cccc12. The molecule has 0 atom stereocenters. The number of carbonyl (C=O) groups is 2. The van der Waals surface area contributed by atoms with Crippen molar-refractivity contribution in [1.82, 2.24) is 0 Å². The number of hydrogen-bond donors (Lipinski definition) is 2. The molecule has 2 aromatic rings. The lowest BCUT2D eigenvalue weighted by Crippen LogP contribution is -2.05. The van der Waals surface area contributed by atoms with E-state index in [2.05, 4.69) is 11.8 Å². The van der Waals surface area contributed by atoms with Gasteiger partial charge in [0, 0.05) is 12.2 Å². The zero-order valence-electron chi connectivity index (χ0n) is 13.7. The Hall–Kier alpha value is -2.88. The van der Waals surface area contributed by atoms with Gasteiger partial charge in [-0.1, -0.05) is 30.0 Å². The third-order valence-corrected chi connectivity index (χ3v) is 3.49. The highest BCUT2D eigenvalue weighted by Crippen LogP contribution is 2.25. The number of rotatable bonds is 7. The molecule has 0 radical (unpaired) electrons. The van der Waals surface area contributed by atoms with Crippen molar-refractivity contribution in [2.45, 2.75) is 6.92 Å². The van der Waals surface area contributed by atoms with E-state index in [-0.39, 0.29) is 23.3 Å². The van der Waals surface area contributed by atoms with E-state index in [1.54, 1.807) is 12.1 Å². The number of benzene rings is 2. The number of carboxylic acids is 2. The van der Waals surface area contributed by atoms with Gasteiger partial charge in [0.05, 0.1) is 24.3 Å². The van der Waals surface area contributed by atoms with Gasteiger partial charge < -0.3 is 19.7 Å². The van der Waals surface area contributed by atoms with E-state index in [4.69, 9.17) is 9.47 Å². The molecule has 0 amide bonds. The molecule has 0 aliphatic heterocycles. The summed E-state index contributed by atoms with van der Waals surface area (Å²) in [5.41, 5.74) is 0.406. The second-order valence-electron chi connectivity index (χ2n) is 5.05. The van der Waals surface area contributed by atoms with Gasteiger partial charge in [-0.25, -0.2) is 9.59 Å². The molecule has 0 aromatic heterocycles. The molecule has 0 aliphatic rings. The number of ether oxygens (including phenoxy) is 2. The van der Waals surface area contributed by atoms with Crippen LogP contribution in [0.5, 0.6) is 0 Å². The summed E-state index contributed by atoms with van der Waals surface area (Å²) in [7, 11) is 0. The van der Waals surface area contributed by atoms with Crippen LogP contribution in [-0.2, 0) is 9.47 Å². The first-order valence-electron chi connectivity index (χ1n) is 7.73. The van der Waals surface area contributed by atoms with Crippen molar-refractivity contribution in [3.63, 3.8) is 0 Å². The maximum Gasteiger partial charge on any atom is 0.336 e. The predicted octanol–water partition coefficient (Wildman–Crippen LogP) is 2.64. The third-order valence-electron chi connectivity index (χ3n) is 3.49. The van der Waals surface area contributed by atoms with E-state index in [0.29, 0.717) is 30.6 Å². The molecule has 6 heteroatoms. The topological polar surface area (TPSA) is 93.1 Å². The number of hydrogen-bond acceptors (Lipinski definition) is 4. The molecule has 0 saturated heterocycles. The lowest BCUT2D eigenvalue weighted by Gasteiger charge is -2.07. The second kappa shape index (κ2) is 8.83. The Balaban J connectivity index is 2.36. The molecule has 0 aliphatic carbocycles. The van der Waals surface area contributed by atoms with Gasteiger partial charge >= 0.3 is 11.9 Å². The zero-order chi connectivity index (χ0) is 18.2. The molecule has 0 spiro atoms. The monoisotopic (exact) mass is 342 g/mol. The summed E-state index contributed by atoms with van der Waals surface area (Å²) in [6.45, 7) is 3.49. The minimum atomic E-state index is -1.12. The Morgan fingerprint density at radius 1 is 0.960 bits per heavy atom. The summed E-state index contributed by atoms with van der Waals surface area (Å²) in [6, 6.07) is 7.57. The fourth-order valence-electron chi connectivity index (χ4n) is 2.37. The van der Waals surface area contributed by atoms with Crippen molar-refractivity contribution in [2.24, 2.45) is 0 Å². The second-order valence-corrected chi connectivity index (χ2v) is 5.05. The third kappa shape index (κ3) is 4.57. The molecule has 130 valence electrons. The van der Waals surface area contributed by atoms with Crippen molar-refractivity contribution in [3.05, 3.63) is 47.0 Å². The Bertz CT molecular complexity index is 844. The molecular formula is C19H18O6. The number of carboxylic acid groups (broad SMARTS) is 2. The van der Waals surface area contributed by atoms with E-state index >= 15 is 0 Å². The first kappa shape index (κ1) is 18.5. The zero-order valence-corrected chi connectivity index (χ0v) is 13.7. The first-order valence-corrected chi connectivity index (χ1v) is 7.73. The van der Waals surface area contributed by atoms with Crippen LogP contribution < -0.4 is 0 Å². The van der Waals surface area contributed by atoms with E-state index in [0.717, 1.165) is 0 Å². The summed E-state index contributed by atoms with van der Waals surface area (Å²) in [5.74, 6) is 3.38. The van der Waals surface area contributed by atoms with Gasteiger partial charge in [0.25, 0.3) is 0 Å². The van der Waals surface area contributed by atoms with Crippen molar-refractivity contribution in [3.8, 4) is 11.8 Å². The highest BCUT2D eigenvalue weighted by atomic mass is 16.5.